The topological polar surface area (TPSA) is 38.1 Å². The molecule has 0 atom stereocenters. The van der Waals surface area contributed by atoms with Gasteiger partial charge in [-0.3, -0.25) is 0 Å². The SMILES string of the molecule is CC(C)Nc1cccc(-c2cnco2)c1. The summed E-state index contributed by atoms with van der Waals surface area (Å²) in [5.41, 5.74) is 2.14. The second-order valence-corrected chi connectivity index (χ2v) is 3.75. The fraction of sp³-hybridized carbons (Fsp3) is 0.250. The average Bonchev–Trinajstić information content (AvgIpc) is 2.69. The van der Waals surface area contributed by atoms with Gasteiger partial charge in [-0.05, 0) is 26.0 Å². The summed E-state index contributed by atoms with van der Waals surface area (Å²) in [5, 5.41) is 3.34. The van der Waals surface area contributed by atoms with E-state index in [9.17, 15) is 0 Å². The molecule has 0 fully saturated rings. The molecule has 3 heteroatoms. The van der Waals surface area contributed by atoms with Crippen molar-refractivity contribution in [3.05, 3.63) is 36.9 Å². The summed E-state index contributed by atoms with van der Waals surface area (Å²) in [5.74, 6) is 0.794. The predicted octanol–water partition coefficient (Wildman–Crippen LogP) is 3.16. The standard InChI is InChI=1S/C12H14N2O/c1-9(2)14-11-5-3-4-10(6-11)12-7-13-8-15-12/h3-9,14H,1-2H3. The molecule has 0 saturated carbocycles. The maximum absolute atomic E-state index is 5.24. The molecule has 15 heavy (non-hydrogen) atoms. The zero-order valence-electron chi connectivity index (χ0n) is 8.90. The van der Waals surface area contributed by atoms with Crippen molar-refractivity contribution in [2.24, 2.45) is 0 Å². The summed E-state index contributed by atoms with van der Waals surface area (Å²) in [6.07, 6.45) is 3.16. The van der Waals surface area contributed by atoms with Crippen LogP contribution in [0.4, 0.5) is 5.69 Å². The van der Waals surface area contributed by atoms with E-state index < -0.39 is 0 Å². The quantitative estimate of drug-likeness (QED) is 0.830. The monoisotopic (exact) mass is 202 g/mol. The lowest BCUT2D eigenvalue weighted by molar-refractivity contribution is 0.572. The lowest BCUT2D eigenvalue weighted by atomic mass is 10.1. The molecule has 1 N–H and O–H groups in total. The Morgan fingerprint density at radius 1 is 1.33 bits per heavy atom. The molecular formula is C12H14N2O. The maximum Gasteiger partial charge on any atom is 0.181 e. The van der Waals surface area contributed by atoms with Crippen LogP contribution in [0.5, 0.6) is 0 Å². The number of aromatic nitrogens is 1. The van der Waals surface area contributed by atoms with E-state index >= 15 is 0 Å². The number of nitrogens with zero attached hydrogens (tertiary/aromatic N) is 1. The molecule has 78 valence electrons. The number of oxazole rings is 1. The first kappa shape index (κ1) is 9.77. The van der Waals surface area contributed by atoms with Gasteiger partial charge in [0, 0.05) is 17.3 Å². The highest BCUT2D eigenvalue weighted by molar-refractivity contribution is 5.63. The highest BCUT2D eigenvalue weighted by atomic mass is 16.3. The molecule has 2 aromatic rings. The van der Waals surface area contributed by atoms with Gasteiger partial charge in [-0.1, -0.05) is 12.1 Å². The maximum atomic E-state index is 5.24. The fourth-order valence-electron chi connectivity index (χ4n) is 1.45. The number of nitrogens with one attached hydrogen (secondary N) is 1. The zero-order valence-corrected chi connectivity index (χ0v) is 8.90. The van der Waals surface area contributed by atoms with Crippen molar-refractivity contribution in [3.8, 4) is 11.3 Å². The van der Waals surface area contributed by atoms with Gasteiger partial charge >= 0.3 is 0 Å². The van der Waals surface area contributed by atoms with E-state index in [4.69, 9.17) is 4.42 Å². The number of hydrogen-bond acceptors (Lipinski definition) is 3. The molecule has 1 aromatic heterocycles. The van der Waals surface area contributed by atoms with Gasteiger partial charge in [0.05, 0.1) is 6.20 Å². The van der Waals surface area contributed by atoms with Crippen LogP contribution < -0.4 is 5.32 Å². The second-order valence-electron chi connectivity index (χ2n) is 3.75. The first-order chi connectivity index (χ1) is 7.25. The highest BCUT2D eigenvalue weighted by Gasteiger charge is 2.02. The summed E-state index contributed by atoms with van der Waals surface area (Å²) in [6.45, 7) is 4.22. The molecule has 2 rings (SSSR count). The van der Waals surface area contributed by atoms with Crippen molar-refractivity contribution in [2.75, 3.05) is 5.32 Å². The predicted molar refractivity (Wildman–Crippen MR) is 60.7 cm³/mol. The van der Waals surface area contributed by atoms with Crippen molar-refractivity contribution in [1.29, 1.82) is 0 Å². The van der Waals surface area contributed by atoms with Gasteiger partial charge < -0.3 is 9.73 Å². The van der Waals surface area contributed by atoms with Gasteiger partial charge in [-0.25, -0.2) is 4.98 Å². The summed E-state index contributed by atoms with van der Waals surface area (Å²) in [6, 6.07) is 8.53. The molecule has 0 saturated heterocycles. The van der Waals surface area contributed by atoms with Crippen molar-refractivity contribution in [2.45, 2.75) is 19.9 Å². The Balaban J connectivity index is 2.27. The van der Waals surface area contributed by atoms with Crippen LogP contribution in [0.1, 0.15) is 13.8 Å². The van der Waals surface area contributed by atoms with Crippen LogP contribution in [0.2, 0.25) is 0 Å². The van der Waals surface area contributed by atoms with Crippen LogP contribution in [-0.2, 0) is 0 Å². The number of anilines is 1. The number of rotatable bonds is 3. The van der Waals surface area contributed by atoms with E-state index in [0.29, 0.717) is 6.04 Å². The molecule has 0 aliphatic carbocycles. The lowest BCUT2D eigenvalue weighted by Crippen LogP contribution is -2.09. The minimum atomic E-state index is 0.426. The molecule has 3 nitrogen and oxygen atoms in total. The first-order valence-electron chi connectivity index (χ1n) is 5.01. The fourth-order valence-corrected chi connectivity index (χ4v) is 1.45. The third-order valence-corrected chi connectivity index (χ3v) is 2.03. The van der Waals surface area contributed by atoms with E-state index in [2.05, 4.69) is 30.2 Å². The Kier molecular flexibility index (Phi) is 2.72. The van der Waals surface area contributed by atoms with Gasteiger partial charge in [-0.15, -0.1) is 0 Å². The molecule has 0 aliphatic rings. The Labute approximate surface area is 89.1 Å². The summed E-state index contributed by atoms with van der Waals surface area (Å²) < 4.78 is 5.24. The average molecular weight is 202 g/mol. The third-order valence-electron chi connectivity index (χ3n) is 2.03. The van der Waals surface area contributed by atoms with Crippen molar-refractivity contribution >= 4 is 5.69 Å². The lowest BCUT2D eigenvalue weighted by Gasteiger charge is -2.10. The first-order valence-corrected chi connectivity index (χ1v) is 5.01. The number of benzene rings is 1. The van der Waals surface area contributed by atoms with E-state index in [1.807, 2.05) is 18.2 Å². The third kappa shape index (κ3) is 2.37. The van der Waals surface area contributed by atoms with Gasteiger partial charge in [0.1, 0.15) is 0 Å². The minimum absolute atomic E-state index is 0.426. The van der Waals surface area contributed by atoms with Crippen molar-refractivity contribution in [3.63, 3.8) is 0 Å². The summed E-state index contributed by atoms with van der Waals surface area (Å²) in [7, 11) is 0. The summed E-state index contributed by atoms with van der Waals surface area (Å²) in [4.78, 5) is 3.90. The molecule has 0 unspecified atom stereocenters. The molecule has 0 radical (unpaired) electrons. The van der Waals surface area contributed by atoms with Crippen molar-refractivity contribution < 1.29 is 4.42 Å². The second kappa shape index (κ2) is 4.17. The van der Waals surface area contributed by atoms with Gasteiger partial charge in [0.15, 0.2) is 12.2 Å². The molecule has 0 bridgehead atoms. The van der Waals surface area contributed by atoms with E-state index in [0.717, 1.165) is 17.0 Å². The molecule has 0 aliphatic heterocycles. The Morgan fingerprint density at radius 2 is 2.20 bits per heavy atom. The smallest absolute Gasteiger partial charge is 0.181 e. The normalized spacial score (nSPS) is 10.6. The van der Waals surface area contributed by atoms with Crippen LogP contribution in [0.15, 0.2) is 41.3 Å². The summed E-state index contributed by atoms with van der Waals surface area (Å²) >= 11 is 0. The van der Waals surface area contributed by atoms with Crippen LogP contribution >= 0.6 is 0 Å². The van der Waals surface area contributed by atoms with Crippen molar-refractivity contribution in [1.82, 2.24) is 4.98 Å². The van der Waals surface area contributed by atoms with E-state index in [-0.39, 0.29) is 0 Å². The van der Waals surface area contributed by atoms with Crippen LogP contribution in [0.25, 0.3) is 11.3 Å². The van der Waals surface area contributed by atoms with Crippen LogP contribution in [0, 0.1) is 0 Å². The van der Waals surface area contributed by atoms with Gasteiger partial charge in [0.2, 0.25) is 0 Å². The Bertz CT molecular complexity index is 421. The zero-order chi connectivity index (χ0) is 10.7. The Morgan fingerprint density at radius 3 is 2.87 bits per heavy atom. The largest absolute Gasteiger partial charge is 0.444 e. The minimum Gasteiger partial charge on any atom is -0.444 e. The molecular weight excluding hydrogens is 188 g/mol. The molecule has 0 spiro atoms. The van der Waals surface area contributed by atoms with Gasteiger partial charge in [0.25, 0.3) is 0 Å². The van der Waals surface area contributed by atoms with Crippen LogP contribution in [0.3, 0.4) is 0 Å². The highest BCUT2D eigenvalue weighted by Crippen LogP contribution is 2.22. The molecule has 1 heterocycles. The Hall–Kier alpha value is -1.77. The van der Waals surface area contributed by atoms with E-state index in [1.165, 1.54) is 6.39 Å². The molecule has 0 amide bonds. The number of hydrogen-bond donors (Lipinski definition) is 1. The van der Waals surface area contributed by atoms with Crippen LogP contribution in [-0.4, -0.2) is 11.0 Å². The molecule has 1 aromatic carbocycles. The van der Waals surface area contributed by atoms with E-state index in [1.54, 1.807) is 6.20 Å². The van der Waals surface area contributed by atoms with Gasteiger partial charge in [-0.2, -0.15) is 0 Å².